The Morgan fingerprint density at radius 3 is 2.92 bits per heavy atom. The van der Waals surface area contributed by atoms with Crippen LogP contribution in [-0.2, 0) is 10.8 Å². The van der Waals surface area contributed by atoms with Gasteiger partial charge in [0.25, 0.3) is 0 Å². The zero-order chi connectivity index (χ0) is 8.97. The topological polar surface area (TPSA) is 63.1 Å². The van der Waals surface area contributed by atoms with E-state index in [0.29, 0.717) is 5.03 Å². The van der Waals surface area contributed by atoms with Crippen LogP contribution in [0.15, 0.2) is 23.6 Å². The Bertz CT molecular complexity index is 263. The van der Waals surface area contributed by atoms with Gasteiger partial charge in [0.2, 0.25) is 0 Å². The van der Waals surface area contributed by atoms with Crippen molar-refractivity contribution in [2.45, 2.75) is 18.1 Å². The predicted octanol–water partition coefficient (Wildman–Crippen LogP) is -0.0350. The van der Waals surface area contributed by atoms with Crippen LogP contribution in [-0.4, -0.2) is 31.1 Å². The van der Waals surface area contributed by atoms with Gasteiger partial charge in [-0.15, -0.1) is 0 Å². The highest BCUT2D eigenvalue weighted by atomic mass is 32.2. The van der Waals surface area contributed by atoms with Crippen LogP contribution in [0.3, 0.4) is 0 Å². The van der Waals surface area contributed by atoms with Crippen LogP contribution in [0.2, 0.25) is 0 Å². The van der Waals surface area contributed by atoms with Crippen molar-refractivity contribution in [3.05, 3.63) is 18.6 Å². The van der Waals surface area contributed by atoms with Gasteiger partial charge in [0.05, 0.1) is 28.9 Å². The minimum Gasteiger partial charge on any atom is -0.392 e. The number of aliphatic hydroxyl groups is 1. The lowest BCUT2D eigenvalue weighted by atomic mass is 10.5. The SMILES string of the molecule is CC(O)CS(=O)c1cnccn1. The van der Waals surface area contributed by atoms with E-state index >= 15 is 0 Å². The lowest BCUT2D eigenvalue weighted by Crippen LogP contribution is -2.13. The molecule has 0 bridgehead atoms. The number of hydrogen-bond donors (Lipinski definition) is 1. The molecule has 0 aliphatic carbocycles. The molecule has 0 saturated heterocycles. The largest absolute Gasteiger partial charge is 0.392 e. The van der Waals surface area contributed by atoms with E-state index in [1.165, 1.54) is 18.6 Å². The summed E-state index contributed by atoms with van der Waals surface area (Å²) in [5.74, 6) is 0.207. The summed E-state index contributed by atoms with van der Waals surface area (Å²) in [6.45, 7) is 1.59. The normalized spacial score (nSPS) is 15.5. The Kier molecular flexibility index (Phi) is 3.31. The summed E-state index contributed by atoms with van der Waals surface area (Å²) in [5.41, 5.74) is 0. The zero-order valence-corrected chi connectivity index (χ0v) is 7.49. The predicted molar refractivity (Wildman–Crippen MR) is 45.0 cm³/mol. The number of aromatic nitrogens is 2. The maximum absolute atomic E-state index is 11.3. The Morgan fingerprint density at radius 2 is 2.42 bits per heavy atom. The van der Waals surface area contributed by atoms with E-state index in [2.05, 4.69) is 9.97 Å². The second-order valence-electron chi connectivity index (χ2n) is 2.40. The number of rotatable bonds is 3. The Morgan fingerprint density at radius 1 is 1.67 bits per heavy atom. The standard InChI is InChI=1S/C7H10N2O2S/c1-6(10)5-12(11)7-4-8-2-3-9-7/h2-4,6,10H,5H2,1H3. The second kappa shape index (κ2) is 4.27. The number of nitrogens with zero attached hydrogens (tertiary/aromatic N) is 2. The van der Waals surface area contributed by atoms with Gasteiger partial charge in [0.15, 0.2) is 0 Å². The molecular formula is C7H10N2O2S. The molecule has 5 heteroatoms. The highest BCUT2D eigenvalue weighted by molar-refractivity contribution is 7.85. The van der Waals surface area contributed by atoms with Crippen LogP contribution in [0.4, 0.5) is 0 Å². The molecule has 12 heavy (non-hydrogen) atoms. The molecule has 1 aromatic rings. The van der Waals surface area contributed by atoms with E-state index in [1.807, 2.05) is 0 Å². The summed E-state index contributed by atoms with van der Waals surface area (Å²) in [6.07, 6.45) is 3.87. The summed E-state index contributed by atoms with van der Waals surface area (Å²) in [4.78, 5) is 7.63. The highest BCUT2D eigenvalue weighted by Gasteiger charge is 2.07. The third-order valence-corrected chi connectivity index (χ3v) is 2.63. The van der Waals surface area contributed by atoms with Gasteiger partial charge in [-0.2, -0.15) is 0 Å². The quantitative estimate of drug-likeness (QED) is 0.719. The van der Waals surface area contributed by atoms with Crippen molar-refractivity contribution in [2.24, 2.45) is 0 Å². The summed E-state index contributed by atoms with van der Waals surface area (Å²) in [6, 6.07) is 0. The van der Waals surface area contributed by atoms with E-state index in [-0.39, 0.29) is 5.75 Å². The van der Waals surface area contributed by atoms with E-state index in [4.69, 9.17) is 5.11 Å². The molecule has 66 valence electrons. The van der Waals surface area contributed by atoms with Crippen molar-refractivity contribution in [1.82, 2.24) is 9.97 Å². The molecular weight excluding hydrogens is 176 g/mol. The lowest BCUT2D eigenvalue weighted by Gasteiger charge is -2.01. The van der Waals surface area contributed by atoms with Gasteiger partial charge in [-0.25, -0.2) is 4.98 Å². The van der Waals surface area contributed by atoms with Gasteiger partial charge in [0.1, 0.15) is 5.03 Å². The van der Waals surface area contributed by atoms with E-state index in [9.17, 15) is 4.21 Å². The van der Waals surface area contributed by atoms with Crippen molar-refractivity contribution in [3.8, 4) is 0 Å². The van der Waals surface area contributed by atoms with Crippen molar-refractivity contribution in [2.75, 3.05) is 5.75 Å². The molecule has 0 saturated carbocycles. The molecule has 1 heterocycles. The van der Waals surface area contributed by atoms with E-state index in [0.717, 1.165) is 0 Å². The van der Waals surface area contributed by atoms with Crippen molar-refractivity contribution in [3.63, 3.8) is 0 Å². The molecule has 4 nitrogen and oxygen atoms in total. The minimum absolute atomic E-state index is 0.207. The third kappa shape index (κ3) is 2.67. The minimum atomic E-state index is -1.24. The first-order valence-electron chi connectivity index (χ1n) is 3.52. The average Bonchev–Trinajstić information content (AvgIpc) is 2.05. The van der Waals surface area contributed by atoms with Gasteiger partial charge in [-0.1, -0.05) is 0 Å². The molecule has 0 aromatic carbocycles. The van der Waals surface area contributed by atoms with Crippen LogP contribution in [0.5, 0.6) is 0 Å². The smallest absolute Gasteiger partial charge is 0.145 e. The molecule has 1 rings (SSSR count). The van der Waals surface area contributed by atoms with Gasteiger partial charge in [0, 0.05) is 12.4 Å². The first kappa shape index (κ1) is 9.28. The maximum atomic E-state index is 11.3. The van der Waals surface area contributed by atoms with Crippen LogP contribution < -0.4 is 0 Å². The zero-order valence-electron chi connectivity index (χ0n) is 6.67. The molecule has 2 unspecified atom stereocenters. The van der Waals surface area contributed by atoms with E-state index < -0.39 is 16.9 Å². The summed E-state index contributed by atoms with van der Waals surface area (Å²) < 4.78 is 11.3. The molecule has 1 aromatic heterocycles. The lowest BCUT2D eigenvalue weighted by molar-refractivity contribution is 0.219. The molecule has 0 aliphatic rings. The Hall–Kier alpha value is -0.810. The van der Waals surface area contributed by atoms with Gasteiger partial charge >= 0.3 is 0 Å². The molecule has 0 fully saturated rings. The monoisotopic (exact) mass is 186 g/mol. The Balaban J connectivity index is 2.66. The van der Waals surface area contributed by atoms with Gasteiger partial charge in [-0.05, 0) is 6.92 Å². The molecule has 0 aliphatic heterocycles. The summed E-state index contributed by atoms with van der Waals surface area (Å²) in [7, 11) is -1.24. The Labute approximate surface area is 73.1 Å². The molecule has 1 N–H and O–H groups in total. The summed E-state index contributed by atoms with van der Waals surface area (Å²) >= 11 is 0. The number of hydrogen-bond acceptors (Lipinski definition) is 4. The fourth-order valence-electron chi connectivity index (χ4n) is 0.707. The first-order chi connectivity index (χ1) is 5.70. The first-order valence-corrected chi connectivity index (χ1v) is 4.84. The van der Waals surface area contributed by atoms with Crippen LogP contribution in [0.25, 0.3) is 0 Å². The maximum Gasteiger partial charge on any atom is 0.145 e. The summed E-state index contributed by atoms with van der Waals surface area (Å²) in [5, 5.41) is 9.36. The van der Waals surface area contributed by atoms with Crippen LogP contribution >= 0.6 is 0 Å². The van der Waals surface area contributed by atoms with E-state index in [1.54, 1.807) is 6.92 Å². The fourth-order valence-corrected chi connectivity index (χ4v) is 1.67. The molecule has 0 amide bonds. The van der Waals surface area contributed by atoms with Crippen molar-refractivity contribution >= 4 is 10.8 Å². The highest BCUT2D eigenvalue weighted by Crippen LogP contribution is 2.00. The van der Waals surface area contributed by atoms with Crippen molar-refractivity contribution in [1.29, 1.82) is 0 Å². The van der Waals surface area contributed by atoms with Crippen LogP contribution in [0.1, 0.15) is 6.92 Å². The third-order valence-electron chi connectivity index (χ3n) is 1.17. The van der Waals surface area contributed by atoms with Gasteiger partial charge in [-0.3, -0.25) is 9.19 Å². The fraction of sp³-hybridized carbons (Fsp3) is 0.429. The number of aliphatic hydroxyl groups excluding tert-OH is 1. The van der Waals surface area contributed by atoms with Crippen LogP contribution in [0, 0.1) is 0 Å². The molecule has 2 atom stereocenters. The van der Waals surface area contributed by atoms with Crippen molar-refractivity contribution < 1.29 is 9.32 Å². The second-order valence-corrected chi connectivity index (χ2v) is 3.85. The average molecular weight is 186 g/mol. The molecule has 0 radical (unpaired) electrons. The van der Waals surface area contributed by atoms with Gasteiger partial charge < -0.3 is 5.11 Å². The molecule has 0 spiro atoms.